The van der Waals surface area contributed by atoms with Gasteiger partial charge in [0.25, 0.3) is 0 Å². The van der Waals surface area contributed by atoms with E-state index in [1.165, 1.54) is 0 Å². The summed E-state index contributed by atoms with van der Waals surface area (Å²) in [6.45, 7) is 0. The SMILES string of the molecule is [O]=[Sb]([O]Sc1ccccc1)([O]Sc1ccccc1)[O]Sc1ccccc1. The average Bonchev–Trinajstić information content (AvgIpc) is 2.72. The molecule has 0 atom stereocenters. The summed E-state index contributed by atoms with van der Waals surface area (Å²) in [4.78, 5) is 2.47. The van der Waals surface area contributed by atoms with Gasteiger partial charge in [-0.15, -0.1) is 0 Å². The van der Waals surface area contributed by atoms with Crippen molar-refractivity contribution in [3.05, 3.63) is 91.0 Å². The Morgan fingerprint density at radius 2 is 0.769 bits per heavy atom. The molecule has 0 aliphatic heterocycles. The van der Waals surface area contributed by atoms with Gasteiger partial charge >= 0.3 is 172 Å². The van der Waals surface area contributed by atoms with Gasteiger partial charge in [-0.25, -0.2) is 0 Å². The van der Waals surface area contributed by atoms with E-state index in [4.69, 9.17) is 7.38 Å². The van der Waals surface area contributed by atoms with E-state index in [1.54, 1.807) is 0 Å². The quantitative estimate of drug-likeness (QED) is 0.256. The molecule has 0 aromatic heterocycles. The van der Waals surface area contributed by atoms with Crippen molar-refractivity contribution in [1.29, 1.82) is 0 Å². The molecular formula is C18H15O4S3Sb. The van der Waals surface area contributed by atoms with Gasteiger partial charge in [-0.1, -0.05) is 0 Å². The van der Waals surface area contributed by atoms with Crippen LogP contribution in [0.15, 0.2) is 106 Å². The number of hydrogen-bond donors (Lipinski definition) is 0. The summed E-state index contributed by atoms with van der Waals surface area (Å²) in [6, 6.07) is 28.2. The maximum atomic E-state index is 13.1. The van der Waals surface area contributed by atoms with Crippen molar-refractivity contribution >= 4 is 56.2 Å². The van der Waals surface area contributed by atoms with Crippen LogP contribution in [-0.4, -0.2) is 20.1 Å². The fourth-order valence-corrected chi connectivity index (χ4v) is 9.84. The van der Waals surface area contributed by atoms with Crippen LogP contribution in [0.5, 0.6) is 0 Å². The number of rotatable bonds is 9. The number of hydrogen-bond acceptors (Lipinski definition) is 7. The zero-order valence-corrected chi connectivity index (χ0v) is 18.5. The molecule has 0 aliphatic rings. The molecule has 3 aromatic rings. The van der Waals surface area contributed by atoms with Crippen LogP contribution in [0.2, 0.25) is 0 Å². The standard InChI is InChI=1S/3C6H6OS.O.Sb/c3*7-8-6-4-2-1-3-5-6;;/h3*1-5,7H;;/q;;;;+3/p-3. The van der Waals surface area contributed by atoms with Gasteiger partial charge in [0.1, 0.15) is 0 Å². The Bertz CT molecular complexity index is 722. The van der Waals surface area contributed by atoms with Crippen LogP contribution >= 0.6 is 36.1 Å². The molecule has 0 bridgehead atoms. The molecular weight excluding hydrogens is 498 g/mol. The molecule has 4 nitrogen and oxygen atoms in total. The average molecular weight is 513 g/mol. The monoisotopic (exact) mass is 512 g/mol. The summed E-state index contributed by atoms with van der Waals surface area (Å²) >= 11 is -1.90. The van der Waals surface area contributed by atoms with Crippen molar-refractivity contribution in [1.82, 2.24) is 0 Å². The Hall–Kier alpha value is -0.792. The summed E-state index contributed by atoms with van der Waals surface area (Å²) in [6.07, 6.45) is 0. The summed E-state index contributed by atoms with van der Waals surface area (Å²) in [5.41, 5.74) is 0. The topological polar surface area (TPSA) is 44.8 Å². The molecule has 0 unspecified atom stereocenters. The normalized spacial score (nSPS) is 11.4. The Morgan fingerprint density at radius 1 is 0.500 bits per heavy atom. The van der Waals surface area contributed by atoms with Crippen LogP contribution in [0, 0.1) is 0 Å². The molecule has 0 spiro atoms. The third kappa shape index (κ3) is 6.74. The summed E-state index contributed by atoms with van der Waals surface area (Å²) < 4.78 is 29.7. The van der Waals surface area contributed by atoms with Gasteiger partial charge in [0.2, 0.25) is 0 Å². The van der Waals surface area contributed by atoms with Gasteiger partial charge in [0.05, 0.1) is 0 Å². The molecule has 0 aliphatic carbocycles. The Balaban J connectivity index is 1.65. The molecule has 0 saturated heterocycles. The molecule has 3 aromatic carbocycles. The van der Waals surface area contributed by atoms with E-state index in [0.717, 1.165) is 50.8 Å². The first kappa shape index (κ1) is 20.0. The molecule has 134 valence electrons. The first-order valence-electron chi connectivity index (χ1n) is 7.57. The molecule has 3 rings (SSSR count). The van der Waals surface area contributed by atoms with Crippen molar-refractivity contribution < 1.29 is 10.4 Å². The molecule has 0 amide bonds. The first-order chi connectivity index (χ1) is 12.7. The second kappa shape index (κ2) is 10.5. The van der Waals surface area contributed by atoms with Crippen molar-refractivity contribution in [3.63, 3.8) is 0 Å². The third-order valence-electron chi connectivity index (χ3n) is 2.90. The van der Waals surface area contributed by atoms with E-state index in [-0.39, 0.29) is 0 Å². The van der Waals surface area contributed by atoms with Crippen molar-refractivity contribution in [2.24, 2.45) is 0 Å². The molecule has 0 N–H and O–H groups in total. The Kier molecular flexibility index (Phi) is 8.07. The Morgan fingerprint density at radius 3 is 1.04 bits per heavy atom. The predicted molar refractivity (Wildman–Crippen MR) is 107 cm³/mol. The molecule has 0 radical (unpaired) electrons. The number of benzene rings is 3. The van der Waals surface area contributed by atoms with E-state index in [0.29, 0.717) is 0 Å². The first-order valence-corrected chi connectivity index (χ1v) is 14.0. The van der Waals surface area contributed by atoms with E-state index in [1.807, 2.05) is 91.0 Å². The van der Waals surface area contributed by atoms with Crippen LogP contribution in [-0.2, 0) is 10.4 Å². The summed E-state index contributed by atoms with van der Waals surface area (Å²) in [5, 5.41) is 0. The molecule has 0 fully saturated rings. The maximum absolute atomic E-state index is 13.1. The second-order valence-electron chi connectivity index (χ2n) is 4.86. The van der Waals surface area contributed by atoms with Gasteiger partial charge in [0.15, 0.2) is 0 Å². The van der Waals surface area contributed by atoms with Crippen molar-refractivity contribution in [2.45, 2.75) is 14.7 Å². The molecule has 0 saturated carbocycles. The molecule has 26 heavy (non-hydrogen) atoms. The van der Waals surface area contributed by atoms with Crippen LogP contribution < -0.4 is 0 Å². The van der Waals surface area contributed by atoms with E-state index in [2.05, 4.69) is 0 Å². The summed E-state index contributed by atoms with van der Waals surface area (Å²) in [5.74, 6) is 0. The van der Waals surface area contributed by atoms with Crippen LogP contribution in [0.4, 0.5) is 0 Å². The predicted octanol–water partition coefficient (Wildman–Crippen LogP) is 6.02. The zero-order valence-electron chi connectivity index (χ0n) is 13.5. The fourth-order valence-electron chi connectivity index (χ4n) is 1.73. The van der Waals surface area contributed by atoms with Gasteiger partial charge in [-0.3, -0.25) is 0 Å². The van der Waals surface area contributed by atoms with Crippen LogP contribution in [0.1, 0.15) is 0 Å². The van der Waals surface area contributed by atoms with E-state index in [9.17, 15) is 3.02 Å². The molecule has 0 heterocycles. The van der Waals surface area contributed by atoms with Gasteiger partial charge in [0, 0.05) is 0 Å². The van der Waals surface area contributed by atoms with Gasteiger partial charge in [-0.2, -0.15) is 0 Å². The molecule has 8 heteroatoms. The van der Waals surface area contributed by atoms with Gasteiger partial charge < -0.3 is 0 Å². The second-order valence-corrected chi connectivity index (χ2v) is 13.6. The zero-order chi connectivity index (χ0) is 18.1. The van der Waals surface area contributed by atoms with Crippen LogP contribution in [0.25, 0.3) is 0 Å². The third-order valence-corrected chi connectivity index (χ3v) is 11.7. The van der Waals surface area contributed by atoms with Gasteiger partial charge in [-0.05, 0) is 0 Å². The summed E-state index contributed by atoms with van der Waals surface area (Å²) in [7, 11) is 0. The van der Waals surface area contributed by atoms with Crippen molar-refractivity contribution in [3.8, 4) is 0 Å². The minimum absolute atomic E-state index is 0.823. The Labute approximate surface area is 171 Å². The van der Waals surface area contributed by atoms with E-state index >= 15 is 0 Å². The fraction of sp³-hybridized carbons (Fsp3) is 0. The van der Waals surface area contributed by atoms with Crippen LogP contribution in [0.3, 0.4) is 0 Å². The van der Waals surface area contributed by atoms with Crippen molar-refractivity contribution in [2.75, 3.05) is 0 Å². The minimum atomic E-state index is -4.89. The van der Waals surface area contributed by atoms with E-state index < -0.39 is 20.1 Å².